The number of hydrogen-bond acceptors (Lipinski definition) is 5. The van der Waals surface area contributed by atoms with Crippen LogP contribution in [0.1, 0.15) is 52.7 Å². The van der Waals surface area contributed by atoms with E-state index in [1.165, 1.54) is 0 Å². The Bertz CT molecular complexity index is 911. The van der Waals surface area contributed by atoms with Crippen LogP contribution in [-0.2, 0) is 17.8 Å². The standard InChI is InChI=1S/C22H27N3O4/c1-14-13-28-20-7-6-17(22(27)24-8-4-5-9-24)10-18(20)12-25(14)21(26)11-19-15(2)23-29-16(19)3/h6-7,10,14H,4-5,8-9,11-13H2,1-3H3/t14-/m0/s1. The van der Waals surface area contributed by atoms with Gasteiger partial charge >= 0.3 is 0 Å². The van der Waals surface area contributed by atoms with Crippen molar-refractivity contribution in [3.63, 3.8) is 0 Å². The molecule has 2 amide bonds. The Kier molecular flexibility index (Phi) is 5.30. The monoisotopic (exact) mass is 397 g/mol. The zero-order valence-electron chi connectivity index (χ0n) is 17.2. The Morgan fingerprint density at radius 3 is 2.66 bits per heavy atom. The fraction of sp³-hybridized carbons (Fsp3) is 0.500. The van der Waals surface area contributed by atoms with Crippen molar-refractivity contribution in [1.82, 2.24) is 15.0 Å². The number of carbonyl (C=O) groups is 2. The van der Waals surface area contributed by atoms with Crippen molar-refractivity contribution in [2.24, 2.45) is 0 Å². The maximum atomic E-state index is 13.1. The van der Waals surface area contributed by atoms with Gasteiger partial charge in [0, 0.05) is 36.3 Å². The molecule has 1 saturated heterocycles. The van der Waals surface area contributed by atoms with Crippen LogP contribution < -0.4 is 4.74 Å². The van der Waals surface area contributed by atoms with Crippen LogP contribution in [0.25, 0.3) is 0 Å². The summed E-state index contributed by atoms with van der Waals surface area (Å²) < 4.78 is 11.1. The SMILES string of the molecule is Cc1noc(C)c1CC(=O)N1Cc2cc(C(=O)N3CCCC3)ccc2OC[C@@H]1C. The first-order valence-corrected chi connectivity index (χ1v) is 10.2. The molecule has 0 bridgehead atoms. The normalized spacial score (nSPS) is 18.9. The highest BCUT2D eigenvalue weighted by Crippen LogP contribution is 2.28. The maximum absolute atomic E-state index is 13.1. The van der Waals surface area contributed by atoms with Gasteiger partial charge in [-0.2, -0.15) is 0 Å². The number of carbonyl (C=O) groups excluding carboxylic acids is 2. The Morgan fingerprint density at radius 2 is 1.97 bits per heavy atom. The van der Waals surface area contributed by atoms with E-state index in [0.29, 0.717) is 24.5 Å². The summed E-state index contributed by atoms with van der Waals surface area (Å²) >= 11 is 0. The molecule has 3 heterocycles. The van der Waals surface area contributed by atoms with Crippen molar-refractivity contribution in [1.29, 1.82) is 0 Å². The highest BCUT2D eigenvalue weighted by atomic mass is 16.5. The minimum absolute atomic E-state index is 0.000350. The van der Waals surface area contributed by atoms with E-state index in [0.717, 1.165) is 48.5 Å². The number of aromatic nitrogens is 1. The summed E-state index contributed by atoms with van der Waals surface area (Å²) in [7, 11) is 0. The molecule has 0 aliphatic carbocycles. The summed E-state index contributed by atoms with van der Waals surface area (Å²) in [5.41, 5.74) is 3.10. The minimum Gasteiger partial charge on any atom is -0.491 e. The van der Waals surface area contributed by atoms with Crippen LogP contribution in [0.4, 0.5) is 0 Å². The first-order chi connectivity index (χ1) is 13.9. The lowest BCUT2D eigenvalue weighted by atomic mass is 10.1. The fourth-order valence-corrected chi connectivity index (χ4v) is 4.06. The van der Waals surface area contributed by atoms with Gasteiger partial charge in [-0.3, -0.25) is 9.59 Å². The molecule has 0 saturated carbocycles. The molecular weight excluding hydrogens is 370 g/mol. The van der Waals surface area contributed by atoms with Crippen LogP contribution in [0.15, 0.2) is 22.7 Å². The molecule has 2 aromatic rings. The van der Waals surface area contributed by atoms with E-state index in [9.17, 15) is 9.59 Å². The lowest BCUT2D eigenvalue weighted by molar-refractivity contribution is -0.133. The average molecular weight is 397 g/mol. The lowest BCUT2D eigenvalue weighted by Gasteiger charge is -2.26. The van der Waals surface area contributed by atoms with Gasteiger partial charge in [0.15, 0.2) is 0 Å². The molecule has 2 aliphatic heterocycles. The second kappa shape index (κ2) is 7.89. The third-order valence-electron chi connectivity index (χ3n) is 5.88. The summed E-state index contributed by atoms with van der Waals surface area (Å²) in [6, 6.07) is 5.48. The van der Waals surface area contributed by atoms with Crippen molar-refractivity contribution in [3.8, 4) is 5.75 Å². The molecule has 0 N–H and O–H groups in total. The predicted molar refractivity (Wildman–Crippen MR) is 107 cm³/mol. The van der Waals surface area contributed by atoms with Crippen molar-refractivity contribution < 1.29 is 18.8 Å². The fourth-order valence-electron chi connectivity index (χ4n) is 4.06. The summed E-state index contributed by atoms with van der Waals surface area (Å²) in [4.78, 5) is 29.6. The van der Waals surface area contributed by atoms with Gasteiger partial charge in [0.25, 0.3) is 5.91 Å². The largest absolute Gasteiger partial charge is 0.491 e. The molecule has 7 nitrogen and oxygen atoms in total. The third-order valence-corrected chi connectivity index (χ3v) is 5.88. The highest BCUT2D eigenvalue weighted by molar-refractivity contribution is 5.94. The molecule has 7 heteroatoms. The van der Waals surface area contributed by atoms with Crippen molar-refractivity contribution >= 4 is 11.8 Å². The zero-order chi connectivity index (χ0) is 20.5. The summed E-state index contributed by atoms with van der Waals surface area (Å²) in [6.45, 7) is 8.10. The number of benzene rings is 1. The van der Waals surface area contributed by atoms with Gasteiger partial charge in [0.1, 0.15) is 18.1 Å². The Morgan fingerprint density at radius 1 is 1.21 bits per heavy atom. The number of fused-ring (bicyclic) bond motifs is 1. The molecule has 0 radical (unpaired) electrons. The number of hydrogen-bond donors (Lipinski definition) is 0. The van der Waals surface area contributed by atoms with Crippen molar-refractivity contribution in [2.45, 2.75) is 52.6 Å². The molecule has 154 valence electrons. The van der Waals surface area contributed by atoms with Gasteiger partial charge in [0.2, 0.25) is 5.91 Å². The van der Waals surface area contributed by atoms with E-state index in [-0.39, 0.29) is 24.3 Å². The first kappa shape index (κ1) is 19.5. The van der Waals surface area contributed by atoms with Crippen LogP contribution in [-0.4, -0.2) is 52.5 Å². The number of ether oxygens (including phenoxy) is 1. The van der Waals surface area contributed by atoms with E-state index >= 15 is 0 Å². The molecule has 0 spiro atoms. The van der Waals surface area contributed by atoms with E-state index in [1.807, 2.05) is 48.8 Å². The molecule has 2 aliphatic rings. The van der Waals surface area contributed by atoms with Crippen LogP contribution in [0, 0.1) is 13.8 Å². The van der Waals surface area contributed by atoms with Gasteiger partial charge in [-0.25, -0.2) is 0 Å². The van der Waals surface area contributed by atoms with Gasteiger partial charge < -0.3 is 19.1 Å². The Labute approximate surface area is 170 Å². The number of rotatable bonds is 3. The van der Waals surface area contributed by atoms with Gasteiger partial charge in [-0.05, 0) is 51.8 Å². The van der Waals surface area contributed by atoms with Gasteiger partial charge in [0.05, 0.1) is 18.2 Å². The summed E-state index contributed by atoms with van der Waals surface area (Å²) in [5, 5.41) is 3.94. The molecule has 1 fully saturated rings. The molecule has 0 unspecified atom stereocenters. The lowest BCUT2D eigenvalue weighted by Crippen LogP contribution is -2.40. The second-order valence-electron chi connectivity index (χ2n) is 7.98. The Balaban J connectivity index is 1.56. The third kappa shape index (κ3) is 3.86. The maximum Gasteiger partial charge on any atom is 0.253 e. The smallest absolute Gasteiger partial charge is 0.253 e. The molecule has 1 atom stereocenters. The van der Waals surface area contributed by atoms with Crippen molar-refractivity contribution in [3.05, 3.63) is 46.3 Å². The van der Waals surface area contributed by atoms with Crippen LogP contribution in [0.2, 0.25) is 0 Å². The van der Waals surface area contributed by atoms with Crippen LogP contribution in [0.3, 0.4) is 0 Å². The Hall–Kier alpha value is -2.83. The first-order valence-electron chi connectivity index (χ1n) is 10.2. The molecular formula is C22H27N3O4. The van der Waals surface area contributed by atoms with Gasteiger partial charge in [-0.1, -0.05) is 5.16 Å². The quantitative estimate of drug-likeness (QED) is 0.796. The molecule has 29 heavy (non-hydrogen) atoms. The highest BCUT2D eigenvalue weighted by Gasteiger charge is 2.28. The molecule has 4 rings (SSSR count). The second-order valence-corrected chi connectivity index (χ2v) is 7.98. The zero-order valence-corrected chi connectivity index (χ0v) is 17.2. The minimum atomic E-state index is -0.0758. The van der Waals surface area contributed by atoms with E-state index in [4.69, 9.17) is 9.26 Å². The number of likely N-dealkylation sites (tertiary alicyclic amines) is 1. The number of nitrogens with zero attached hydrogens (tertiary/aromatic N) is 3. The molecule has 1 aromatic carbocycles. The van der Waals surface area contributed by atoms with E-state index in [1.54, 1.807) is 0 Å². The number of aryl methyl sites for hydroxylation is 2. The van der Waals surface area contributed by atoms with Crippen LogP contribution >= 0.6 is 0 Å². The van der Waals surface area contributed by atoms with Crippen LogP contribution in [0.5, 0.6) is 5.75 Å². The number of amides is 2. The van der Waals surface area contributed by atoms with E-state index < -0.39 is 0 Å². The van der Waals surface area contributed by atoms with Gasteiger partial charge in [-0.15, -0.1) is 0 Å². The summed E-state index contributed by atoms with van der Waals surface area (Å²) in [6.07, 6.45) is 2.36. The topological polar surface area (TPSA) is 75.9 Å². The van der Waals surface area contributed by atoms with E-state index in [2.05, 4.69) is 5.16 Å². The predicted octanol–water partition coefficient (Wildman–Crippen LogP) is 2.88. The summed E-state index contributed by atoms with van der Waals surface area (Å²) in [5.74, 6) is 1.46. The molecule has 1 aromatic heterocycles. The van der Waals surface area contributed by atoms with Crippen molar-refractivity contribution in [2.75, 3.05) is 19.7 Å². The average Bonchev–Trinajstić information content (AvgIpc) is 3.32.